The normalized spacial score (nSPS) is 14.9. The molecule has 0 bridgehead atoms. The lowest BCUT2D eigenvalue weighted by atomic mass is 10.2. The predicted molar refractivity (Wildman–Crippen MR) is 100 cm³/mol. The molecule has 8 heteroatoms. The summed E-state index contributed by atoms with van der Waals surface area (Å²) in [6.07, 6.45) is 1.50. The van der Waals surface area contributed by atoms with Gasteiger partial charge in [-0.2, -0.15) is 4.98 Å². The number of furan rings is 1. The maximum atomic E-state index is 12.7. The summed E-state index contributed by atoms with van der Waals surface area (Å²) < 4.78 is 16.2. The molecule has 1 fully saturated rings. The third kappa shape index (κ3) is 4.29. The molecule has 0 spiro atoms. The summed E-state index contributed by atoms with van der Waals surface area (Å²) in [5.41, 5.74) is 1.38. The molecular formula is C20H22N4O4. The van der Waals surface area contributed by atoms with Crippen LogP contribution < -0.4 is 0 Å². The van der Waals surface area contributed by atoms with E-state index in [4.69, 9.17) is 13.7 Å². The zero-order chi connectivity index (χ0) is 19.3. The smallest absolute Gasteiger partial charge is 0.257 e. The zero-order valence-electron chi connectivity index (χ0n) is 15.7. The summed E-state index contributed by atoms with van der Waals surface area (Å²) in [6, 6.07) is 11.4. The van der Waals surface area contributed by atoms with E-state index < -0.39 is 0 Å². The van der Waals surface area contributed by atoms with Gasteiger partial charge in [-0.25, -0.2) is 0 Å². The molecule has 0 radical (unpaired) electrons. The highest BCUT2D eigenvalue weighted by Crippen LogP contribution is 2.17. The van der Waals surface area contributed by atoms with Crippen LogP contribution in [0.2, 0.25) is 0 Å². The Bertz CT molecular complexity index is 915. The molecule has 0 unspecified atom stereocenters. The number of ether oxygens (including phenoxy) is 1. The average Bonchev–Trinajstić information content (AvgIpc) is 3.39. The molecular weight excluding hydrogens is 360 g/mol. The average molecular weight is 382 g/mol. The molecule has 0 N–H and O–H groups in total. The minimum Gasteiger partial charge on any atom is -0.467 e. The second-order valence-corrected chi connectivity index (χ2v) is 6.73. The Labute approximate surface area is 162 Å². The summed E-state index contributed by atoms with van der Waals surface area (Å²) in [4.78, 5) is 20.8. The molecule has 0 aliphatic carbocycles. The Morgan fingerprint density at radius 2 is 2.00 bits per heavy atom. The minimum atomic E-state index is -0.156. The van der Waals surface area contributed by atoms with Crippen LogP contribution in [0.5, 0.6) is 0 Å². The quantitative estimate of drug-likeness (QED) is 0.647. The van der Waals surface area contributed by atoms with Crippen LogP contribution in [0.4, 0.5) is 0 Å². The largest absolute Gasteiger partial charge is 0.467 e. The Morgan fingerprint density at radius 1 is 1.21 bits per heavy atom. The number of amides is 1. The number of rotatable bonds is 6. The first-order valence-electron chi connectivity index (χ1n) is 9.20. The van der Waals surface area contributed by atoms with Gasteiger partial charge in [-0.15, -0.1) is 0 Å². The van der Waals surface area contributed by atoms with E-state index >= 15 is 0 Å². The number of aromatic nitrogens is 2. The Balaban J connectivity index is 1.36. The van der Waals surface area contributed by atoms with Gasteiger partial charge in [0.1, 0.15) is 12.0 Å². The lowest BCUT2D eigenvalue weighted by Crippen LogP contribution is -2.35. The fourth-order valence-electron chi connectivity index (χ4n) is 3.07. The topological polar surface area (TPSA) is 84.8 Å². The molecule has 1 aliphatic rings. The van der Waals surface area contributed by atoms with Gasteiger partial charge >= 0.3 is 0 Å². The monoisotopic (exact) mass is 382 g/mol. The first-order valence-corrected chi connectivity index (χ1v) is 9.20. The molecule has 8 nitrogen and oxygen atoms in total. The maximum Gasteiger partial charge on any atom is 0.257 e. The molecule has 3 aromatic rings. The van der Waals surface area contributed by atoms with Crippen LogP contribution in [0.15, 0.2) is 51.6 Å². The standard InChI is InChI=1S/C20H22N4O4/c1-23(13-18-21-19(22-28-18)15-5-3-2-4-6-15)20(25)16-11-17(27-14-16)12-24-7-9-26-10-8-24/h2-6,11,14H,7-10,12-13H2,1H3. The molecule has 1 saturated heterocycles. The number of carbonyl (C=O) groups excluding carboxylic acids is 1. The summed E-state index contributed by atoms with van der Waals surface area (Å²) in [7, 11) is 1.70. The summed E-state index contributed by atoms with van der Waals surface area (Å²) >= 11 is 0. The van der Waals surface area contributed by atoms with E-state index in [1.165, 1.54) is 11.2 Å². The van der Waals surface area contributed by atoms with Crippen molar-refractivity contribution in [3.05, 3.63) is 59.9 Å². The van der Waals surface area contributed by atoms with Gasteiger partial charge in [0.15, 0.2) is 0 Å². The van der Waals surface area contributed by atoms with E-state index in [0.29, 0.717) is 23.8 Å². The van der Waals surface area contributed by atoms with Gasteiger partial charge in [-0.3, -0.25) is 9.69 Å². The van der Waals surface area contributed by atoms with E-state index in [-0.39, 0.29) is 12.5 Å². The summed E-state index contributed by atoms with van der Waals surface area (Å²) in [5, 5.41) is 3.98. The maximum absolute atomic E-state index is 12.7. The lowest BCUT2D eigenvalue weighted by Gasteiger charge is -2.25. The first-order chi connectivity index (χ1) is 13.7. The summed E-state index contributed by atoms with van der Waals surface area (Å²) in [6.45, 7) is 4.08. The van der Waals surface area contributed by atoms with Crippen LogP contribution in [0.3, 0.4) is 0 Å². The molecule has 28 heavy (non-hydrogen) atoms. The molecule has 3 heterocycles. The Kier molecular flexibility index (Phi) is 5.50. The summed E-state index contributed by atoms with van der Waals surface area (Å²) in [5.74, 6) is 1.50. The lowest BCUT2D eigenvalue weighted by molar-refractivity contribution is 0.0313. The Morgan fingerprint density at radius 3 is 2.79 bits per heavy atom. The molecule has 4 rings (SSSR count). The van der Waals surface area contributed by atoms with E-state index in [1.54, 1.807) is 13.1 Å². The minimum absolute atomic E-state index is 0.156. The van der Waals surface area contributed by atoms with E-state index in [1.807, 2.05) is 30.3 Å². The van der Waals surface area contributed by atoms with Crippen molar-refractivity contribution in [2.45, 2.75) is 13.1 Å². The van der Waals surface area contributed by atoms with Crippen LogP contribution in [0.1, 0.15) is 22.0 Å². The van der Waals surface area contributed by atoms with Gasteiger partial charge in [-0.05, 0) is 6.07 Å². The first kappa shape index (κ1) is 18.4. The van der Waals surface area contributed by atoms with Crippen molar-refractivity contribution in [1.82, 2.24) is 19.9 Å². The van der Waals surface area contributed by atoms with Crippen LogP contribution >= 0.6 is 0 Å². The molecule has 1 aliphatic heterocycles. The van der Waals surface area contributed by atoms with Gasteiger partial charge in [0.2, 0.25) is 11.7 Å². The van der Waals surface area contributed by atoms with Gasteiger partial charge in [0, 0.05) is 25.7 Å². The Hall–Kier alpha value is -2.97. The van der Waals surface area contributed by atoms with Crippen molar-refractivity contribution in [2.75, 3.05) is 33.4 Å². The zero-order valence-corrected chi connectivity index (χ0v) is 15.7. The third-order valence-electron chi connectivity index (χ3n) is 4.60. The van der Waals surface area contributed by atoms with Crippen LogP contribution in [0.25, 0.3) is 11.4 Å². The van der Waals surface area contributed by atoms with Crippen molar-refractivity contribution in [1.29, 1.82) is 0 Å². The van der Waals surface area contributed by atoms with Crippen molar-refractivity contribution in [3.63, 3.8) is 0 Å². The highest BCUT2D eigenvalue weighted by atomic mass is 16.5. The fourth-order valence-corrected chi connectivity index (χ4v) is 3.07. The van der Waals surface area contributed by atoms with E-state index in [2.05, 4.69) is 15.0 Å². The van der Waals surface area contributed by atoms with E-state index in [0.717, 1.165) is 37.6 Å². The van der Waals surface area contributed by atoms with Crippen molar-refractivity contribution >= 4 is 5.91 Å². The SMILES string of the molecule is CN(Cc1nc(-c2ccccc2)no1)C(=O)c1coc(CN2CCOCC2)c1. The highest BCUT2D eigenvalue weighted by molar-refractivity contribution is 5.93. The number of nitrogens with zero attached hydrogens (tertiary/aromatic N) is 4. The van der Waals surface area contributed by atoms with Crippen LogP contribution in [0, 0.1) is 0 Å². The molecule has 146 valence electrons. The van der Waals surface area contributed by atoms with Gasteiger partial charge in [0.05, 0.1) is 31.9 Å². The number of hydrogen-bond donors (Lipinski definition) is 0. The second-order valence-electron chi connectivity index (χ2n) is 6.73. The molecule has 1 amide bonds. The molecule has 0 atom stereocenters. The number of carbonyl (C=O) groups is 1. The third-order valence-corrected chi connectivity index (χ3v) is 4.60. The fraction of sp³-hybridized carbons (Fsp3) is 0.350. The molecule has 2 aromatic heterocycles. The molecule has 0 saturated carbocycles. The van der Waals surface area contributed by atoms with Crippen LogP contribution in [-0.2, 0) is 17.8 Å². The second kappa shape index (κ2) is 8.37. The van der Waals surface area contributed by atoms with Gasteiger partial charge in [-0.1, -0.05) is 35.5 Å². The van der Waals surface area contributed by atoms with Gasteiger partial charge in [0.25, 0.3) is 5.91 Å². The number of hydrogen-bond acceptors (Lipinski definition) is 7. The van der Waals surface area contributed by atoms with Gasteiger partial charge < -0.3 is 18.6 Å². The predicted octanol–water partition coefficient (Wildman–Crippen LogP) is 2.43. The van der Waals surface area contributed by atoms with Crippen molar-refractivity contribution in [2.24, 2.45) is 0 Å². The highest BCUT2D eigenvalue weighted by Gasteiger charge is 2.19. The van der Waals surface area contributed by atoms with Crippen molar-refractivity contribution < 1.29 is 18.5 Å². The van der Waals surface area contributed by atoms with Crippen molar-refractivity contribution in [3.8, 4) is 11.4 Å². The number of morpholine rings is 1. The van der Waals surface area contributed by atoms with E-state index in [9.17, 15) is 4.79 Å². The molecule has 1 aromatic carbocycles. The number of benzene rings is 1. The van der Waals surface area contributed by atoms with Crippen LogP contribution in [-0.4, -0.2) is 59.2 Å².